The minimum atomic E-state index is -4.30. The van der Waals surface area contributed by atoms with Crippen molar-refractivity contribution in [2.45, 2.75) is 32.4 Å². The van der Waals surface area contributed by atoms with Crippen LogP contribution in [0.5, 0.6) is 5.75 Å². The molecule has 0 N–H and O–H groups in total. The molecule has 3 nitrogen and oxygen atoms in total. The van der Waals surface area contributed by atoms with Gasteiger partial charge in [0.2, 0.25) is 0 Å². The maximum Gasteiger partial charge on any atom is 0.416 e. The van der Waals surface area contributed by atoms with E-state index in [-0.39, 0.29) is 0 Å². The average Bonchev–Trinajstić information content (AvgIpc) is 2.72. The van der Waals surface area contributed by atoms with Gasteiger partial charge < -0.3 is 9.64 Å². The van der Waals surface area contributed by atoms with Crippen molar-refractivity contribution in [2.24, 2.45) is 0 Å². The van der Waals surface area contributed by atoms with Crippen molar-refractivity contribution in [3.05, 3.63) is 59.2 Å². The molecule has 0 bridgehead atoms. The molecule has 0 radical (unpaired) electrons. The first kappa shape index (κ1) is 21.5. The molecule has 158 valence electrons. The molecule has 1 saturated heterocycles. The van der Waals surface area contributed by atoms with Crippen LogP contribution in [0, 0.1) is 0 Å². The van der Waals surface area contributed by atoms with E-state index in [1.54, 1.807) is 13.2 Å². The summed E-state index contributed by atoms with van der Waals surface area (Å²) in [6.07, 6.45) is -1.25. The number of hydrogen-bond acceptors (Lipinski definition) is 3. The quantitative estimate of drug-likeness (QED) is 0.641. The zero-order valence-electron chi connectivity index (χ0n) is 17.1. The minimum Gasteiger partial charge on any atom is -0.496 e. The summed E-state index contributed by atoms with van der Waals surface area (Å²) in [5.74, 6) is 0.949. The fourth-order valence-electron chi connectivity index (χ4n) is 3.85. The lowest BCUT2D eigenvalue weighted by atomic mass is 10.0. The van der Waals surface area contributed by atoms with Crippen molar-refractivity contribution in [3.8, 4) is 5.75 Å². The molecule has 0 unspecified atom stereocenters. The Balaban J connectivity index is 1.54. The van der Waals surface area contributed by atoms with Gasteiger partial charge >= 0.3 is 6.18 Å². The maximum atomic E-state index is 12.9. The van der Waals surface area contributed by atoms with E-state index in [2.05, 4.69) is 24.0 Å². The Morgan fingerprint density at radius 3 is 2.38 bits per heavy atom. The SMILES string of the molecule is CCCc1cc(CCN2CCN(c3cccc(C(F)(F)F)c3)CC2)ccc1OC. The fourth-order valence-corrected chi connectivity index (χ4v) is 3.85. The van der Waals surface area contributed by atoms with Crippen LogP contribution in [0.15, 0.2) is 42.5 Å². The second-order valence-corrected chi connectivity index (χ2v) is 7.52. The maximum absolute atomic E-state index is 12.9. The van der Waals surface area contributed by atoms with Gasteiger partial charge in [0.25, 0.3) is 0 Å². The van der Waals surface area contributed by atoms with Gasteiger partial charge in [0.1, 0.15) is 5.75 Å². The smallest absolute Gasteiger partial charge is 0.416 e. The second-order valence-electron chi connectivity index (χ2n) is 7.52. The van der Waals surface area contributed by atoms with E-state index in [0.717, 1.165) is 63.8 Å². The van der Waals surface area contributed by atoms with Crippen molar-refractivity contribution < 1.29 is 17.9 Å². The van der Waals surface area contributed by atoms with Gasteiger partial charge in [0, 0.05) is 38.4 Å². The van der Waals surface area contributed by atoms with E-state index < -0.39 is 11.7 Å². The lowest BCUT2D eigenvalue weighted by Gasteiger charge is -2.36. The number of methoxy groups -OCH3 is 1. The number of aryl methyl sites for hydroxylation is 1. The minimum absolute atomic E-state index is 0.584. The molecule has 1 aliphatic heterocycles. The van der Waals surface area contributed by atoms with Crippen molar-refractivity contribution in [1.82, 2.24) is 4.90 Å². The topological polar surface area (TPSA) is 15.7 Å². The molecule has 6 heteroatoms. The highest BCUT2D eigenvalue weighted by atomic mass is 19.4. The van der Waals surface area contributed by atoms with Crippen molar-refractivity contribution in [3.63, 3.8) is 0 Å². The highest BCUT2D eigenvalue weighted by molar-refractivity contribution is 5.49. The van der Waals surface area contributed by atoms with Gasteiger partial charge in [-0.05, 0) is 48.2 Å². The first-order valence-corrected chi connectivity index (χ1v) is 10.2. The number of alkyl halides is 3. The largest absolute Gasteiger partial charge is 0.496 e. The van der Waals surface area contributed by atoms with E-state index in [1.165, 1.54) is 23.3 Å². The normalized spacial score (nSPS) is 15.6. The average molecular weight is 406 g/mol. The third kappa shape index (κ3) is 5.66. The highest BCUT2D eigenvalue weighted by Gasteiger charge is 2.31. The number of halogens is 3. The summed E-state index contributed by atoms with van der Waals surface area (Å²) in [5.41, 5.74) is 2.62. The molecule has 0 amide bonds. The lowest BCUT2D eigenvalue weighted by molar-refractivity contribution is -0.137. The number of nitrogens with zero attached hydrogens (tertiary/aromatic N) is 2. The summed E-state index contributed by atoms with van der Waals surface area (Å²) in [6.45, 7) is 6.31. The number of anilines is 1. The molecule has 0 aliphatic carbocycles. The van der Waals surface area contributed by atoms with Crippen LogP contribution in [0.25, 0.3) is 0 Å². The summed E-state index contributed by atoms with van der Waals surface area (Å²) in [7, 11) is 1.71. The molecule has 0 atom stereocenters. The first-order valence-electron chi connectivity index (χ1n) is 10.2. The van der Waals surface area contributed by atoms with E-state index >= 15 is 0 Å². The monoisotopic (exact) mass is 406 g/mol. The van der Waals surface area contributed by atoms with Gasteiger partial charge in [-0.15, -0.1) is 0 Å². The molecule has 0 spiro atoms. The summed E-state index contributed by atoms with van der Waals surface area (Å²) in [5, 5.41) is 0. The highest BCUT2D eigenvalue weighted by Crippen LogP contribution is 2.32. The van der Waals surface area contributed by atoms with E-state index in [9.17, 15) is 13.2 Å². The number of benzene rings is 2. The van der Waals surface area contributed by atoms with Crippen LogP contribution in [-0.2, 0) is 19.0 Å². The predicted octanol–water partition coefficient (Wildman–Crippen LogP) is 5.03. The van der Waals surface area contributed by atoms with Gasteiger partial charge in [0.05, 0.1) is 12.7 Å². The Bertz CT molecular complexity index is 799. The molecule has 3 rings (SSSR count). The zero-order valence-corrected chi connectivity index (χ0v) is 17.1. The number of ether oxygens (including phenoxy) is 1. The van der Waals surface area contributed by atoms with Gasteiger partial charge in [-0.2, -0.15) is 13.2 Å². The molecule has 2 aromatic carbocycles. The van der Waals surface area contributed by atoms with Crippen molar-refractivity contribution >= 4 is 5.69 Å². The van der Waals surface area contributed by atoms with E-state index in [0.29, 0.717) is 5.69 Å². The zero-order chi connectivity index (χ0) is 20.9. The Hall–Kier alpha value is -2.21. The van der Waals surface area contributed by atoms with Gasteiger partial charge in [-0.25, -0.2) is 0 Å². The first-order chi connectivity index (χ1) is 13.9. The Labute approximate surface area is 171 Å². The predicted molar refractivity (Wildman–Crippen MR) is 111 cm³/mol. The second kappa shape index (κ2) is 9.53. The molecule has 0 aromatic heterocycles. The lowest BCUT2D eigenvalue weighted by Crippen LogP contribution is -2.47. The molecular formula is C23H29F3N2O. The Kier molecular flexibility index (Phi) is 7.06. The molecule has 29 heavy (non-hydrogen) atoms. The molecular weight excluding hydrogens is 377 g/mol. The van der Waals surface area contributed by atoms with E-state index in [1.807, 2.05) is 11.0 Å². The molecule has 2 aromatic rings. The van der Waals surface area contributed by atoms with Crippen LogP contribution in [0.1, 0.15) is 30.0 Å². The Morgan fingerprint density at radius 2 is 1.72 bits per heavy atom. The van der Waals surface area contributed by atoms with Crippen LogP contribution in [0.4, 0.5) is 18.9 Å². The summed E-state index contributed by atoms with van der Waals surface area (Å²) < 4.78 is 44.3. The molecule has 1 heterocycles. The van der Waals surface area contributed by atoms with Crippen molar-refractivity contribution in [2.75, 3.05) is 44.7 Å². The standard InChI is InChI=1S/C23H29F3N2O/c1-3-5-19-16-18(8-9-22(19)29-2)10-11-27-12-14-28(15-13-27)21-7-4-6-20(17-21)23(24,25)26/h4,6-9,16-17H,3,5,10-15H2,1-2H3. The van der Waals surface area contributed by atoms with Gasteiger partial charge in [-0.3, -0.25) is 4.90 Å². The van der Waals surface area contributed by atoms with Crippen LogP contribution in [0.3, 0.4) is 0 Å². The number of piperazine rings is 1. The third-order valence-electron chi connectivity index (χ3n) is 5.49. The van der Waals surface area contributed by atoms with Crippen LogP contribution in [0.2, 0.25) is 0 Å². The van der Waals surface area contributed by atoms with E-state index in [4.69, 9.17) is 4.74 Å². The molecule has 1 fully saturated rings. The third-order valence-corrected chi connectivity index (χ3v) is 5.49. The van der Waals surface area contributed by atoms with Gasteiger partial charge in [0.15, 0.2) is 0 Å². The summed E-state index contributed by atoms with van der Waals surface area (Å²) >= 11 is 0. The van der Waals surface area contributed by atoms with Crippen LogP contribution >= 0.6 is 0 Å². The molecule has 1 aliphatic rings. The van der Waals surface area contributed by atoms with Gasteiger partial charge in [-0.1, -0.05) is 31.5 Å². The van der Waals surface area contributed by atoms with Crippen molar-refractivity contribution in [1.29, 1.82) is 0 Å². The number of hydrogen-bond donors (Lipinski definition) is 0. The molecule has 0 saturated carbocycles. The van der Waals surface area contributed by atoms with Crippen LogP contribution < -0.4 is 9.64 Å². The summed E-state index contributed by atoms with van der Waals surface area (Å²) in [6, 6.07) is 12.0. The number of rotatable bonds is 7. The Morgan fingerprint density at radius 1 is 0.966 bits per heavy atom. The summed E-state index contributed by atoms with van der Waals surface area (Å²) in [4.78, 5) is 4.42. The van der Waals surface area contributed by atoms with Crippen LogP contribution in [-0.4, -0.2) is 44.7 Å². The fraction of sp³-hybridized carbons (Fsp3) is 0.478.